The molecule has 7 heteroatoms. The van der Waals surface area contributed by atoms with Crippen LogP contribution in [0.2, 0.25) is 5.02 Å². The molecule has 27 heavy (non-hydrogen) atoms. The zero-order valence-corrected chi connectivity index (χ0v) is 17.2. The van der Waals surface area contributed by atoms with Gasteiger partial charge in [-0.05, 0) is 62.4 Å². The van der Waals surface area contributed by atoms with Crippen LogP contribution in [-0.2, 0) is 19.8 Å². The van der Waals surface area contributed by atoms with E-state index in [-0.39, 0.29) is 4.90 Å². The van der Waals surface area contributed by atoms with E-state index in [0.29, 0.717) is 14.8 Å². The monoisotopic (exact) mass is 419 g/mol. The molecule has 0 heterocycles. The van der Waals surface area contributed by atoms with Crippen molar-refractivity contribution in [1.29, 1.82) is 0 Å². The minimum absolute atomic E-state index is 0.0566. The lowest BCUT2D eigenvalue weighted by atomic mass is 10.2. The van der Waals surface area contributed by atoms with E-state index in [9.17, 15) is 12.6 Å². The van der Waals surface area contributed by atoms with Gasteiger partial charge in [-0.15, -0.1) is 0 Å². The molecule has 140 valence electrons. The molecule has 0 N–H and O–H groups in total. The van der Waals surface area contributed by atoms with E-state index in [1.165, 1.54) is 24.3 Å². The van der Waals surface area contributed by atoms with Gasteiger partial charge in [0.15, 0.2) is 0 Å². The molecule has 3 aromatic rings. The molecule has 0 spiro atoms. The Morgan fingerprint density at radius 3 is 1.41 bits per heavy atom. The van der Waals surface area contributed by atoms with Crippen molar-refractivity contribution in [3.05, 3.63) is 88.9 Å². The van der Waals surface area contributed by atoms with Crippen LogP contribution in [0.25, 0.3) is 0 Å². The first-order valence-corrected chi connectivity index (χ1v) is 11.5. The first-order chi connectivity index (χ1) is 12.7. The second-order valence-corrected chi connectivity index (χ2v) is 10.6. The summed E-state index contributed by atoms with van der Waals surface area (Å²) in [7, 11) is -7.55. The third-order valence-corrected chi connectivity index (χ3v) is 8.56. The summed E-state index contributed by atoms with van der Waals surface area (Å²) >= 11 is 5.83. The Hall–Kier alpha value is -2.15. The third-order valence-electron chi connectivity index (χ3n) is 4.00. The van der Waals surface area contributed by atoms with E-state index >= 15 is 0 Å². The van der Waals surface area contributed by atoms with Gasteiger partial charge in [0.2, 0.25) is 0 Å². The molecule has 0 bridgehead atoms. The minimum Gasteiger partial charge on any atom is -0.239 e. The fourth-order valence-corrected chi connectivity index (χ4v) is 6.48. The van der Waals surface area contributed by atoms with Gasteiger partial charge in [-0.3, -0.25) is 0 Å². The summed E-state index contributed by atoms with van der Waals surface area (Å²) < 4.78 is 43.5. The van der Waals surface area contributed by atoms with E-state index in [2.05, 4.69) is 3.77 Å². The van der Waals surface area contributed by atoms with Crippen LogP contribution >= 0.6 is 11.6 Å². The van der Waals surface area contributed by atoms with E-state index < -0.39 is 19.8 Å². The Kier molecular flexibility index (Phi) is 5.42. The van der Waals surface area contributed by atoms with Crippen LogP contribution in [0.3, 0.4) is 0 Å². The zero-order chi connectivity index (χ0) is 19.7. The molecule has 0 saturated carbocycles. The molecule has 4 nitrogen and oxygen atoms in total. The standard InChI is InChI=1S/C20H18ClNO3S2/c1-15-3-9-18(10-4-15)26(23,19-11-5-16(2)6-12-19)22-27(24,25)20-13-7-17(21)8-14-20/h3-14H,1-2H3. The van der Waals surface area contributed by atoms with Crippen molar-refractivity contribution in [3.8, 4) is 0 Å². The first-order valence-electron chi connectivity index (χ1n) is 8.13. The topological polar surface area (TPSA) is 63.6 Å². The summed E-state index contributed by atoms with van der Waals surface area (Å²) in [5.74, 6) is 0. The largest absolute Gasteiger partial charge is 0.290 e. The predicted octanol–water partition coefficient (Wildman–Crippen LogP) is 5.23. The second-order valence-electron chi connectivity index (χ2n) is 6.16. The molecule has 3 aromatic carbocycles. The van der Waals surface area contributed by atoms with Gasteiger partial charge in [0.1, 0.15) is 9.73 Å². The highest BCUT2D eigenvalue weighted by molar-refractivity contribution is 8.03. The van der Waals surface area contributed by atoms with Gasteiger partial charge in [-0.25, -0.2) is 4.21 Å². The normalized spacial score (nSPS) is 12.0. The van der Waals surface area contributed by atoms with E-state index in [0.717, 1.165) is 11.1 Å². The van der Waals surface area contributed by atoms with Crippen molar-refractivity contribution < 1.29 is 12.6 Å². The Morgan fingerprint density at radius 1 is 0.630 bits per heavy atom. The van der Waals surface area contributed by atoms with Crippen molar-refractivity contribution in [2.24, 2.45) is 3.77 Å². The van der Waals surface area contributed by atoms with Crippen LogP contribution in [0, 0.1) is 13.8 Å². The molecule has 0 aliphatic carbocycles. The maximum absolute atomic E-state index is 13.9. The van der Waals surface area contributed by atoms with Crippen LogP contribution in [0.5, 0.6) is 0 Å². The van der Waals surface area contributed by atoms with Crippen LogP contribution in [0.15, 0.2) is 91.3 Å². The fraction of sp³-hybridized carbons (Fsp3) is 0.100. The van der Waals surface area contributed by atoms with E-state index in [1.807, 2.05) is 13.8 Å². The molecule has 0 fully saturated rings. The van der Waals surface area contributed by atoms with Gasteiger partial charge < -0.3 is 0 Å². The Labute approximate surface area is 165 Å². The second kappa shape index (κ2) is 7.46. The van der Waals surface area contributed by atoms with Gasteiger partial charge in [-0.2, -0.15) is 8.42 Å². The maximum atomic E-state index is 13.9. The Morgan fingerprint density at radius 2 is 1.00 bits per heavy atom. The molecule has 0 aromatic heterocycles. The van der Waals surface area contributed by atoms with Crippen molar-refractivity contribution in [1.82, 2.24) is 0 Å². The van der Waals surface area contributed by atoms with Crippen molar-refractivity contribution in [3.63, 3.8) is 0 Å². The van der Waals surface area contributed by atoms with Gasteiger partial charge >= 0.3 is 0 Å². The zero-order valence-electron chi connectivity index (χ0n) is 14.8. The van der Waals surface area contributed by atoms with E-state index in [1.54, 1.807) is 48.5 Å². The summed E-state index contributed by atoms with van der Waals surface area (Å²) in [6.45, 7) is 3.80. The SMILES string of the molecule is Cc1ccc(S(=O)(=NS(=O)(=O)c2ccc(Cl)cc2)c2ccc(C)cc2)cc1. The summed E-state index contributed by atoms with van der Waals surface area (Å²) in [5.41, 5.74) is 1.95. The number of benzene rings is 3. The number of hydrogen-bond acceptors (Lipinski definition) is 3. The lowest BCUT2D eigenvalue weighted by Crippen LogP contribution is -2.07. The smallest absolute Gasteiger partial charge is 0.239 e. The molecule has 0 atom stereocenters. The molecule has 3 rings (SSSR count). The molecule has 0 aliphatic rings. The lowest BCUT2D eigenvalue weighted by molar-refractivity contribution is 0.598. The molecule has 0 unspecified atom stereocenters. The summed E-state index contributed by atoms with van der Waals surface area (Å²) in [6.07, 6.45) is 0. The third kappa shape index (κ3) is 4.24. The minimum atomic E-state index is -4.16. The highest BCUT2D eigenvalue weighted by Gasteiger charge is 2.22. The van der Waals surface area contributed by atoms with Crippen LogP contribution in [0.4, 0.5) is 0 Å². The number of hydrogen-bond donors (Lipinski definition) is 0. The fourth-order valence-electron chi connectivity index (χ4n) is 2.46. The van der Waals surface area contributed by atoms with E-state index in [4.69, 9.17) is 11.6 Å². The Balaban J connectivity index is 2.28. The quantitative estimate of drug-likeness (QED) is 0.581. The van der Waals surface area contributed by atoms with Crippen LogP contribution < -0.4 is 0 Å². The van der Waals surface area contributed by atoms with Crippen LogP contribution in [0.1, 0.15) is 11.1 Å². The van der Waals surface area contributed by atoms with Gasteiger partial charge in [0.05, 0.1) is 14.7 Å². The van der Waals surface area contributed by atoms with Crippen LogP contribution in [-0.4, -0.2) is 12.6 Å². The van der Waals surface area contributed by atoms with Gasteiger partial charge in [-0.1, -0.05) is 50.8 Å². The maximum Gasteiger partial charge on any atom is 0.290 e. The first kappa shape index (κ1) is 19.6. The highest BCUT2D eigenvalue weighted by Crippen LogP contribution is 2.28. The highest BCUT2D eigenvalue weighted by atomic mass is 35.5. The van der Waals surface area contributed by atoms with Crippen molar-refractivity contribution in [2.45, 2.75) is 28.5 Å². The molecular formula is C20H18ClNO3S2. The van der Waals surface area contributed by atoms with Gasteiger partial charge in [0, 0.05) is 5.02 Å². The average Bonchev–Trinajstić information content (AvgIpc) is 2.62. The Bertz CT molecular complexity index is 1120. The number of rotatable bonds is 4. The molecule has 0 saturated heterocycles. The number of aryl methyl sites for hydroxylation is 2. The summed E-state index contributed by atoms with van der Waals surface area (Å²) in [4.78, 5) is 0.628. The molecular weight excluding hydrogens is 402 g/mol. The number of sulfonamides is 1. The number of nitrogens with zero attached hydrogens (tertiary/aromatic N) is 1. The van der Waals surface area contributed by atoms with Crippen molar-refractivity contribution in [2.75, 3.05) is 0 Å². The summed E-state index contributed by atoms with van der Waals surface area (Å²) in [6, 6.07) is 19.4. The van der Waals surface area contributed by atoms with Crippen molar-refractivity contribution >= 4 is 31.4 Å². The molecule has 0 radical (unpaired) electrons. The predicted molar refractivity (Wildman–Crippen MR) is 108 cm³/mol. The average molecular weight is 420 g/mol. The number of halogens is 1. The lowest BCUT2D eigenvalue weighted by Gasteiger charge is -2.12. The molecule has 0 aliphatic heterocycles. The summed E-state index contributed by atoms with van der Waals surface area (Å²) in [5, 5.41) is 0.409. The van der Waals surface area contributed by atoms with Gasteiger partial charge in [0.25, 0.3) is 10.0 Å². The molecule has 0 amide bonds.